The molecule has 88 valence electrons. The highest BCUT2D eigenvalue weighted by Gasteiger charge is 2.04. The molecule has 0 unspecified atom stereocenters. The Kier molecular flexibility index (Phi) is 4.50. The van der Waals surface area contributed by atoms with Crippen molar-refractivity contribution in [3.63, 3.8) is 0 Å². The Morgan fingerprint density at radius 2 is 2.00 bits per heavy atom. The van der Waals surface area contributed by atoms with Gasteiger partial charge in [-0.05, 0) is 51.0 Å². The van der Waals surface area contributed by atoms with Gasteiger partial charge in [-0.2, -0.15) is 0 Å². The molecule has 16 heavy (non-hydrogen) atoms. The summed E-state index contributed by atoms with van der Waals surface area (Å²) in [5.74, 6) is -0.114. The van der Waals surface area contributed by atoms with E-state index in [1.807, 2.05) is 45.9 Å². The summed E-state index contributed by atoms with van der Waals surface area (Å²) < 4.78 is 5.22. The number of carbonyl (C=O) groups excluding carboxylic acids is 1. The van der Waals surface area contributed by atoms with Crippen LogP contribution in [-0.2, 0) is 9.53 Å². The third-order valence-corrected chi connectivity index (χ3v) is 2.34. The van der Waals surface area contributed by atoms with E-state index in [4.69, 9.17) is 4.74 Å². The van der Waals surface area contributed by atoms with Gasteiger partial charge in [-0.1, -0.05) is 6.07 Å². The zero-order chi connectivity index (χ0) is 12.1. The molecule has 0 aliphatic rings. The maximum atomic E-state index is 11.5. The van der Waals surface area contributed by atoms with E-state index in [2.05, 4.69) is 5.32 Å². The summed E-state index contributed by atoms with van der Waals surface area (Å²) in [7, 11) is 0. The molecule has 0 bridgehead atoms. The van der Waals surface area contributed by atoms with Crippen LogP contribution in [0.4, 0.5) is 5.69 Å². The molecule has 0 radical (unpaired) electrons. The van der Waals surface area contributed by atoms with Crippen molar-refractivity contribution in [3.8, 4) is 0 Å². The highest BCUT2D eigenvalue weighted by atomic mass is 16.5. The molecule has 1 amide bonds. The molecule has 0 saturated heterocycles. The Labute approximate surface area is 96.8 Å². The van der Waals surface area contributed by atoms with Crippen molar-refractivity contribution in [3.05, 3.63) is 29.3 Å². The Bertz CT molecular complexity index is 372. The molecule has 0 aliphatic carbocycles. The Hall–Kier alpha value is -1.35. The van der Waals surface area contributed by atoms with E-state index >= 15 is 0 Å². The molecule has 0 heterocycles. The molecule has 3 heteroatoms. The summed E-state index contributed by atoms with van der Waals surface area (Å²) in [6, 6.07) is 5.85. The monoisotopic (exact) mass is 221 g/mol. The number of hydrogen-bond acceptors (Lipinski definition) is 2. The lowest BCUT2D eigenvalue weighted by Gasteiger charge is -2.09. The molecular weight excluding hydrogens is 202 g/mol. The minimum Gasteiger partial charge on any atom is -0.369 e. The predicted octanol–water partition coefficient (Wildman–Crippen LogP) is 2.67. The average Bonchev–Trinajstić information content (AvgIpc) is 2.21. The molecule has 0 spiro atoms. The van der Waals surface area contributed by atoms with Crippen molar-refractivity contribution in [2.75, 3.05) is 11.9 Å². The van der Waals surface area contributed by atoms with E-state index in [0.29, 0.717) is 0 Å². The molecule has 1 rings (SSSR count). The quantitative estimate of drug-likeness (QED) is 0.848. The number of aryl methyl sites for hydroxylation is 2. The number of ether oxygens (including phenoxy) is 1. The predicted molar refractivity (Wildman–Crippen MR) is 65.6 cm³/mol. The summed E-state index contributed by atoms with van der Waals surface area (Å²) in [6.07, 6.45) is 0.0745. The van der Waals surface area contributed by atoms with E-state index in [-0.39, 0.29) is 18.6 Å². The van der Waals surface area contributed by atoms with Gasteiger partial charge in [0.25, 0.3) is 0 Å². The molecule has 1 N–H and O–H groups in total. The molecule has 1 aromatic carbocycles. The number of benzene rings is 1. The second kappa shape index (κ2) is 5.66. The van der Waals surface area contributed by atoms with Crippen LogP contribution in [0.3, 0.4) is 0 Å². The van der Waals surface area contributed by atoms with Gasteiger partial charge in [-0.25, -0.2) is 0 Å². The van der Waals surface area contributed by atoms with Gasteiger partial charge in [-0.15, -0.1) is 0 Å². The second-order valence-corrected chi connectivity index (χ2v) is 4.21. The van der Waals surface area contributed by atoms with E-state index in [1.165, 1.54) is 11.1 Å². The highest BCUT2D eigenvalue weighted by molar-refractivity contribution is 5.91. The van der Waals surface area contributed by atoms with Gasteiger partial charge in [0.2, 0.25) is 5.91 Å². The maximum Gasteiger partial charge on any atom is 0.250 e. The van der Waals surface area contributed by atoms with Crippen LogP contribution in [0.15, 0.2) is 18.2 Å². The fourth-order valence-electron chi connectivity index (χ4n) is 1.26. The molecule has 0 fully saturated rings. The van der Waals surface area contributed by atoms with Crippen LogP contribution in [0.5, 0.6) is 0 Å². The van der Waals surface area contributed by atoms with Gasteiger partial charge in [0.1, 0.15) is 6.61 Å². The number of nitrogens with one attached hydrogen (secondary N) is 1. The lowest BCUT2D eigenvalue weighted by atomic mass is 10.1. The van der Waals surface area contributed by atoms with Gasteiger partial charge >= 0.3 is 0 Å². The second-order valence-electron chi connectivity index (χ2n) is 4.21. The largest absolute Gasteiger partial charge is 0.369 e. The lowest BCUT2D eigenvalue weighted by Crippen LogP contribution is -2.20. The van der Waals surface area contributed by atoms with Crippen LogP contribution in [0.25, 0.3) is 0 Å². The van der Waals surface area contributed by atoms with Crippen molar-refractivity contribution >= 4 is 11.6 Å². The van der Waals surface area contributed by atoms with E-state index in [1.54, 1.807) is 0 Å². The van der Waals surface area contributed by atoms with Crippen LogP contribution in [-0.4, -0.2) is 18.6 Å². The summed E-state index contributed by atoms with van der Waals surface area (Å²) in [4.78, 5) is 11.5. The number of rotatable bonds is 4. The molecule has 3 nitrogen and oxygen atoms in total. The van der Waals surface area contributed by atoms with Crippen LogP contribution in [0.2, 0.25) is 0 Å². The fraction of sp³-hybridized carbons (Fsp3) is 0.462. The maximum absolute atomic E-state index is 11.5. The first-order valence-corrected chi connectivity index (χ1v) is 5.47. The molecule has 0 aliphatic heterocycles. The fourth-order valence-corrected chi connectivity index (χ4v) is 1.26. The minimum absolute atomic E-state index is 0.0745. The molecular formula is C13H19NO2. The number of hydrogen-bond donors (Lipinski definition) is 1. The first kappa shape index (κ1) is 12.7. The normalized spacial score (nSPS) is 10.6. The zero-order valence-corrected chi connectivity index (χ0v) is 10.3. The molecule has 0 atom stereocenters. The smallest absolute Gasteiger partial charge is 0.250 e. The minimum atomic E-state index is -0.114. The lowest BCUT2D eigenvalue weighted by molar-refractivity contribution is -0.121. The van der Waals surface area contributed by atoms with Gasteiger partial charge in [0.05, 0.1) is 6.10 Å². The standard InChI is InChI=1S/C13H19NO2/c1-9(2)16-8-13(15)14-12-6-5-10(3)11(4)7-12/h5-7,9H,8H2,1-4H3,(H,14,15). The van der Waals surface area contributed by atoms with E-state index in [9.17, 15) is 4.79 Å². The van der Waals surface area contributed by atoms with Gasteiger partial charge in [0, 0.05) is 5.69 Å². The Morgan fingerprint density at radius 3 is 2.56 bits per heavy atom. The third kappa shape index (κ3) is 4.03. The van der Waals surface area contributed by atoms with Crippen molar-refractivity contribution in [2.45, 2.75) is 33.8 Å². The third-order valence-electron chi connectivity index (χ3n) is 2.34. The average molecular weight is 221 g/mol. The Balaban J connectivity index is 2.53. The van der Waals surface area contributed by atoms with Crippen LogP contribution < -0.4 is 5.32 Å². The number of anilines is 1. The van der Waals surface area contributed by atoms with Crippen molar-refractivity contribution < 1.29 is 9.53 Å². The summed E-state index contributed by atoms with van der Waals surface area (Å²) in [5, 5.41) is 2.80. The highest BCUT2D eigenvalue weighted by Crippen LogP contribution is 2.13. The summed E-state index contributed by atoms with van der Waals surface area (Å²) in [5.41, 5.74) is 3.21. The molecule has 1 aromatic rings. The molecule has 0 saturated carbocycles. The van der Waals surface area contributed by atoms with E-state index in [0.717, 1.165) is 5.69 Å². The van der Waals surface area contributed by atoms with Crippen LogP contribution >= 0.6 is 0 Å². The van der Waals surface area contributed by atoms with Crippen molar-refractivity contribution in [2.24, 2.45) is 0 Å². The van der Waals surface area contributed by atoms with Crippen molar-refractivity contribution in [1.29, 1.82) is 0 Å². The van der Waals surface area contributed by atoms with Gasteiger partial charge < -0.3 is 10.1 Å². The summed E-state index contributed by atoms with van der Waals surface area (Å²) in [6.45, 7) is 7.98. The molecule has 0 aromatic heterocycles. The summed E-state index contributed by atoms with van der Waals surface area (Å²) >= 11 is 0. The van der Waals surface area contributed by atoms with Crippen molar-refractivity contribution in [1.82, 2.24) is 0 Å². The SMILES string of the molecule is Cc1ccc(NC(=O)COC(C)C)cc1C. The van der Waals surface area contributed by atoms with Gasteiger partial charge in [-0.3, -0.25) is 4.79 Å². The zero-order valence-electron chi connectivity index (χ0n) is 10.3. The van der Waals surface area contributed by atoms with E-state index < -0.39 is 0 Å². The number of amides is 1. The first-order valence-electron chi connectivity index (χ1n) is 5.47. The topological polar surface area (TPSA) is 38.3 Å². The van der Waals surface area contributed by atoms with Crippen LogP contribution in [0, 0.1) is 13.8 Å². The number of carbonyl (C=O) groups is 1. The van der Waals surface area contributed by atoms with Gasteiger partial charge in [0.15, 0.2) is 0 Å². The van der Waals surface area contributed by atoms with Crippen LogP contribution in [0.1, 0.15) is 25.0 Å². The Morgan fingerprint density at radius 1 is 1.31 bits per heavy atom. The first-order chi connectivity index (χ1) is 7.49.